The number of nitrogens with one attached hydrogen (secondary N) is 1. The van der Waals surface area contributed by atoms with E-state index in [1.807, 2.05) is 24.3 Å². The number of likely N-dealkylation sites (tertiary alicyclic amines) is 1. The second-order valence-corrected chi connectivity index (χ2v) is 7.73. The number of amides is 2. The van der Waals surface area contributed by atoms with Crippen molar-refractivity contribution in [2.45, 2.75) is 32.6 Å². The van der Waals surface area contributed by atoms with Gasteiger partial charge in [-0.15, -0.1) is 11.3 Å². The Labute approximate surface area is 168 Å². The number of piperidine rings is 1. The smallest absolute Gasteiger partial charge is 0.411 e. The Morgan fingerprint density at radius 1 is 1.32 bits per heavy atom. The summed E-state index contributed by atoms with van der Waals surface area (Å²) in [7, 11) is 0. The van der Waals surface area contributed by atoms with E-state index < -0.39 is 12.2 Å². The minimum absolute atomic E-state index is 0.187. The van der Waals surface area contributed by atoms with Gasteiger partial charge in [-0.1, -0.05) is 25.5 Å². The first-order valence-corrected chi connectivity index (χ1v) is 10.4. The monoisotopic (exact) mass is 403 g/mol. The molecule has 0 saturated carbocycles. The van der Waals surface area contributed by atoms with E-state index in [0.29, 0.717) is 38.2 Å². The first-order valence-electron chi connectivity index (χ1n) is 9.52. The van der Waals surface area contributed by atoms with Gasteiger partial charge in [0.25, 0.3) is 0 Å². The molecule has 2 amide bonds. The van der Waals surface area contributed by atoms with Crippen LogP contribution in [0.4, 0.5) is 15.3 Å². The highest BCUT2D eigenvalue weighted by atomic mass is 32.1. The van der Waals surface area contributed by atoms with E-state index in [2.05, 4.69) is 22.6 Å². The van der Waals surface area contributed by atoms with Gasteiger partial charge in [-0.3, -0.25) is 5.32 Å². The zero-order chi connectivity index (χ0) is 19.9. The molecule has 150 valence electrons. The Balaban J connectivity index is 1.55. The molecule has 2 N–H and O–H groups in total. The molecule has 8 heteroatoms. The molecule has 0 bridgehead atoms. The standard InChI is InChI=1S/C20H25N3O4S/c1-2-5-15-13-28-18(21-15)16-6-3-4-7-17(16)22-19(24)27-12-14-8-10-23(11-9-14)20(25)26/h3-4,6-7,13-14H,2,5,8-12H2,1H3,(H,22,24)(H,25,26). The van der Waals surface area contributed by atoms with E-state index in [9.17, 15) is 9.59 Å². The summed E-state index contributed by atoms with van der Waals surface area (Å²) in [5.74, 6) is 0.187. The highest BCUT2D eigenvalue weighted by Crippen LogP contribution is 2.31. The summed E-state index contributed by atoms with van der Waals surface area (Å²) >= 11 is 1.57. The number of rotatable bonds is 6. The molecule has 2 aromatic rings. The van der Waals surface area contributed by atoms with Crippen molar-refractivity contribution in [1.29, 1.82) is 0 Å². The molecule has 0 unspecified atom stereocenters. The van der Waals surface area contributed by atoms with Gasteiger partial charge < -0.3 is 14.7 Å². The van der Waals surface area contributed by atoms with Crippen molar-refractivity contribution in [3.63, 3.8) is 0 Å². The first kappa shape index (κ1) is 20.1. The van der Waals surface area contributed by atoms with Crippen molar-refractivity contribution in [1.82, 2.24) is 9.88 Å². The van der Waals surface area contributed by atoms with Gasteiger partial charge >= 0.3 is 12.2 Å². The van der Waals surface area contributed by atoms with Gasteiger partial charge in [0.05, 0.1) is 18.0 Å². The SMILES string of the molecule is CCCc1csc(-c2ccccc2NC(=O)OCC2CCN(C(=O)O)CC2)n1. The van der Waals surface area contributed by atoms with Crippen LogP contribution in [0.25, 0.3) is 10.6 Å². The number of anilines is 1. The average molecular weight is 404 g/mol. The molecule has 2 heterocycles. The van der Waals surface area contributed by atoms with E-state index in [0.717, 1.165) is 29.1 Å². The Morgan fingerprint density at radius 3 is 2.79 bits per heavy atom. The highest BCUT2D eigenvalue weighted by molar-refractivity contribution is 7.13. The number of aromatic nitrogens is 1. The van der Waals surface area contributed by atoms with E-state index >= 15 is 0 Å². The van der Waals surface area contributed by atoms with Crippen LogP contribution in [0.1, 0.15) is 31.9 Å². The Hall–Kier alpha value is -2.61. The molecule has 3 rings (SSSR count). The Kier molecular flexibility index (Phi) is 6.86. The first-order chi connectivity index (χ1) is 13.6. The molecule has 0 spiro atoms. The van der Waals surface area contributed by atoms with E-state index in [-0.39, 0.29) is 5.92 Å². The summed E-state index contributed by atoms with van der Waals surface area (Å²) in [6.45, 7) is 3.38. The molecule has 1 aromatic carbocycles. The van der Waals surface area contributed by atoms with Crippen LogP contribution in [-0.4, -0.2) is 46.9 Å². The van der Waals surface area contributed by atoms with Gasteiger partial charge in [0.15, 0.2) is 0 Å². The average Bonchev–Trinajstić information content (AvgIpc) is 3.16. The van der Waals surface area contributed by atoms with Crippen LogP contribution in [0.3, 0.4) is 0 Å². The number of carbonyl (C=O) groups excluding carboxylic acids is 1. The lowest BCUT2D eigenvalue weighted by molar-refractivity contribution is 0.0948. The molecule has 0 radical (unpaired) electrons. The maximum absolute atomic E-state index is 12.3. The van der Waals surface area contributed by atoms with Gasteiger partial charge in [0, 0.05) is 24.0 Å². The van der Waals surface area contributed by atoms with Crippen molar-refractivity contribution in [3.05, 3.63) is 35.3 Å². The summed E-state index contributed by atoms with van der Waals surface area (Å²) in [4.78, 5) is 29.3. The van der Waals surface area contributed by atoms with E-state index in [1.165, 1.54) is 4.90 Å². The van der Waals surface area contributed by atoms with Crippen LogP contribution >= 0.6 is 11.3 Å². The predicted molar refractivity (Wildman–Crippen MR) is 109 cm³/mol. The zero-order valence-corrected chi connectivity index (χ0v) is 16.7. The minimum atomic E-state index is -0.891. The zero-order valence-electron chi connectivity index (χ0n) is 15.9. The molecular weight excluding hydrogens is 378 g/mol. The summed E-state index contributed by atoms with van der Waals surface area (Å²) in [5, 5.41) is 14.7. The summed E-state index contributed by atoms with van der Waals surface area (Å²) < 4.78 is 5.38. The number of hydrogen-bond acceptors (Lipinski definition) is 5. The third-order valence-corrected chi connectivity index (χ3v) is 5.71. The number of ether oxygens (including phenoxy) is 1. The number of carbonyl (C=O) groups is 2. The van der Waals surface area contributed by atoms with Gasteiger partial charge in [-0.25, -0.2) is 14.6 Å². The molecule has 0 aliphatic carbocycles. The van der Waals surface area contributed by atoms with Crippen molar-refractivity contribution in [2.24, 2.45) is 5.92 Å². The minimum Gasteiger partial charge on any atom is -0.465 e. The molecule has 1 aromatic heterocycles. The quantitative estimate of drug-likeness (QED) is 0.729. The summed E-state index contributed by atoms with van der Waals surface area (Å²) in [6, 6.07) is 7.55. The molecule has 0 atom stereocenters. The van der Waals surface area contributed by atoms with Crippen molar-refractivity contribution in [2.75, 3.05) is 25.0 Å². The topological polar surface area (TPSA) is 91.8 Å². The number of hydrogen-bond donors (Lipinski definition) is 2. The fraction of sp³-hybridized carbons (Fsp3) is 0.450. The van der Waals surface area contributed by atoms with E-state index in [1.54, 1.807) is 11.3 Å². The largest absolute Gasteiger partial charge is 0.465 e. The second kappa shape index (κ2) is 9.54. The lowest BCUT2D eigenvalue weighted by Gasteiger charge is -2.29. The lowest BCUT2D eigenvalue weighted by atomic mass is 9.98. The third kappa shape index (κ3) is 5.22. The molecule has 7 nitrogen and oxygen atoms in total. The predicted octanol–water partition coefficient (Wildman–Crippen LogP) is 4.70. The molecule has 1 saturated heterocycles. The maximum atomic E-state index is 12.3. The van der Waals surface area contributed by atoms with Crippen LogP contribution < -0.4 is 5.32 Å². The van der Waals surface area contributed by atoms with Gasteiger partial charge in [-0.05, 0) is 37.3 Å². The normalized spacial score (nSPS) is 14.7. The number of aryl methyl sites for hydroxylation is 1. The number of thiazole rings is 1. The van der Waals surface area contributed by atoms with Gasteiger partial charge in [0.1, 0.15) is 5.01 Å². The molecular formula is C20H25N3O4S. The van der Waals surface area contributed by atoms with Gasteiger partial charge in [-0.2, -0.15) is 0 Å². The van der Waals surface area contributed by atoms with Gasteiger partial charge in [0.2, 0.25) is 0 Å². The third-order valence-electron chi connectivity index (χ3n) is 4.79. The van der Waals surface area contributed by atoms with Crippen LogP contribution in [0.5, 0.6) is 0 Å². The van der Waals surface area contributed by atoms with Crippen molar-refractivity contribution in [3.8, 4) is 10.6 Å². The van der Waals surface area contributed by atoms with Crippen molar-refractivity contribution >= 4 is 29.2 Å². The summed E-state index contributed by atoms with van der Waals surface area (Å²) in [6.07, 6.45) is 2.00. The molecule has 1 aliphatic rings. The van der Waals surface area contributed by atoms with Crippen LogP contribution in [0, 0.1) is 5.92 Å². The number of carboxylic acid groups (broad SMARTS) is 1. The van der Waals surface area contributed by atoms with E-state index in [4.69, 9.17) is 9.84 Å². The number of nitrogens with zero attached hydrogens (tertiary/aromatic N) is 2. The Bertz CT molecular complexity index is 815. The fourth-order valence-electron chi connectivity index (χ4n) is 3.21. The van der Waals surface area contributed by atoms with Crippen LogP contribution in [-0.2, 0) is 11.2 Å². The van der Waals surface area contributed by atoms with Crippen LogP contribution in [0.2, 0.25) is 0 Å². The summed E-state index contributed by atoms with van der Waals surface area (Å²) in [5.41, 5.74) is 2.61. The molecule has 1 aliphatic heterocycles. The molecule has 1 fully saturated rings. The highest BCUT2D eigenvalue weighted by Gasteiger charge is 2.23. The Morgan fingerprint density at radius 2 is 2.07 bits per heavy atom. The lowest BCUT2D eigenvalue weighted by Crippen LogP contribution is -2.38. The number of para-hydroxylation sites is 1. The number of benzene rings is 1. The molecule has 28 heavy (non-hydrogen) atoms. The maximum Gasteiger partial charge on any atom is 0.411 e. The van der Waals surface area contributed by atoms with Crippen LogP contribution in [0.15, 0.2) is 29.6 Å². The fourth-order valence-corrected chi connectivity index (χ4v) is 4.10. The van der Waals surface area contributed by atoms with Crippen molar-refractivity contribution < 1.29 is 19.4 Å². The second-order valence-electron chi connectivity index (χ2n) is 6.88.